The van der Waals surface area contributed by atoms with E-state index in [0.29, 0.717) is 22.8 Å². The van der Waals surface area contributed by atoms with Crippen molar-refractivity contribution in [2.24, 2.45) is 0 Å². The van der Waals surface area contributed by atoms with Crippen molar-refractivity contribution in [3.05, 3.63) is 133 Å². The van der Waals surface area contributed by atoms with Gasteiger partial charge in [0.1, 0.15) is 35.6 Å². The van der Waals surface area contributed by atoms with Gasteiger partial charge in [-0.15, -0.1) is 16.4 Å². The lowest BCUT2D eigenvalue weighted by atomic mass is 9.83. The fourth-order valence-corrected chi connectivity index (χ4v) is 6.67. The molecule has 0 saturated carbocycles. The van der Waals surface area contributed by atoms with E-state index < -0.39 is 17.2 Å². The molecule has 16 heteroatoms. The summed E-state index contributed by atoms with van der Waals surface area (Å²) in [5.41, 5.74) is -1.26. The highest BCUT2D eigenvalue weighted by Gasteiger charge is 2.74. The van der Waals surface area contributed by atoms with Crippen molar-refractivity contribution in [2.75, 3.05) is 9.80 Å². The highest BCUT2D eigenvalue weighted by molar-refractivity contribution is 7.14. The molecule has 0 aliphatic carbocycles. The molecule has 1 fully saturated rings. The smallest absolute Gasteiger partial charge is 0.229 e. The first-order valence-corrected chi connectivity index (χ1v) is 13.8. The average molecular weight is 591 g/mol. The Morgan fingerprint density at radius 1 is 0.791 bits per heavy atom. The molecule has 43 heavy (non-hydrogen) atoms. The summed E-state index contributed by atoms with van der Waals surface area (Å²) >= 11 is 1.49. The zero-order valence-corrected chi connectivity index (χ0v) is 22.7. The van der Waals surface area contributed by atoms with Gasteiger partial charge in [-0.3, -0.25) is 14.9 Å². The van der Waals surface area contributed by atoms with Crippen LogP contribution in [-0.4, -0.2) is 50.6 Å². The molecule has 0 spiro atoms. The van der Waals surface area contributed by atoms with Crippen molar-refractivity contribution in [3.8, 4) is 0 Å². The Labute approximate surface area is 245 Å². The predicted molar refractivity (Wildman–Crippen MR) is 147 cm³/mol. The largest absolute Gasteiger partial charge is 0.446 e. The summed E-state index contributed by atoms with van der Waals surface area (Å²) in [7, 11) is 0. The molecule has 8 rings (SSSR count). The third kappa shape index (κ3) is 3.46. The van der Waals surface area contributed by atoms with Gasteiger partial charge in [-0.05, 0) is 35.7 Å². The second kappa shape index (κ2) is 9.88. The van der Waals surface area contributed by atoms with E-state index in [2.05, 4.69) is 35.6 Å². The minimum Gasteiger partial charge on any atom is -0.446 e. The number of hydrogen-bond donors (Lipinski definition) is 0. The van der Waals surface area contributed by atoms with E-state index in [4.69, 9.17) is 33.4 Å². The zero-order valence-electron chi connectivity index (χ0n) is 21.9. The van der Waals surface area contributed by atoms with E-state index >= 15 is 0 Å². The maximum Gasteiger partial charge on any atom is 0.229 e. The highest BCUT2D eigenvalue weighted by atomic mass is 32.1. The third-order valence-electron chi connectivity index (χ3n) is 7.27. The Morgan fingerprint density at radius 3 is 2.42 bits per heavy atom. The van der Waals surface area contributed by atoms with E-state index in [1.807, 2.05) is 28.5 Å². The van der Waals surface area contributed by atoms with Gasteiger partial charge in [0.05, 0.1) is 17.4 Å². The van der Waals surface area contributed by atoms with Gasteiger partial charge in [-0.2, -0.15) is 10.2 Å². The fraction of sp³-hybridized carbons (Fsp3) is 0.111. The van der Waals surface area contributed by atoms with Crippen molar-refractivity contribution in [1.29, 1.82) is 0 Å². The SMILES string of the molecule is c1cnc(N2C(c3cccnn3)(c3ncco3)C(c3ccon3)N(c3cccs3)C2(c2cnccn2)c2conn2)nc1. The molecule has 3 atom stereocenters. The van der Waals surface area contributed by atoms with E-state index in [0.717, 1.165) is 5.00 Å². The van der Waals surface area contributed by atoms with Gasteiger partial charge in [0.2, 0.25) is 17.5 Å². The molecule has 1 aliphatic rings. The van der Waals surface area contributed by atoms with E-state index in [1.165, 1.54) is 30.1 Å². The van der Waals surface area contributed by atoms with Crippen LogP contribution < -0.4 is 9.80 Å². The number of nitrogens with zero attached hydrogens (tertiary/aromatic N) is 12. The maximum atomic E-state index is 6.21. The molecule has 210 valence electrons. The van der Waals surface area contributed by atoms with Crippen LogP contribution >= 0.6 is 11.3 Å². The second-order valence-corrected chi connectivity index (χ2v) is 10.2. The molecule has 8 heterocycles. The Hall–Kier alpha value is -5.90. The van der Waals surface area contributed by atoms with Crippen LogP contribution in [0.2, 0.25) is 0 Å². The molecule has 0 bridgehead atoms. The van der Waals surface area contributed by atoms with Crippen LogP contribution in [0.1, 0.15) is 34.7 Å². The summed E-state index contributed by atoms with van der Waals surface area (Å²) in [5, 5.41) is 24.5. The summed E-state index contributed by atoms with van der Waals surface area (Å²) in [6.45, 7) is 0. The normalized spacial score (nSPS) is 21.8. The van der Waals surface area contributed by atoms with Crippen molar-refractivity contribution >= 4 is 22.3 Å². The number of hydrogen-bond acceptors (Lipinski definition) is 16. The minimum atomic E-state index is -1.52. The molecule has 0 radical (unpaired) electrons. The number of oxazole rings is 1. The molecule has 1 aliphatic heterocycles. The monoisotopic (exact) mass is 590 g/mol. The van der Waals surface area contributed by atoms with E-state index in [-0.39, 0.29) is 11.8 Å². The predicted octanol–water partition coefficient (Wildman–Crippen LogP) is 3.39. The Kier molecular flexibility index (Phi) is 5.71. The van der Waals surface area contributed by atoms with Crippen molar-refractivity contribution in [2.45, 2.75) is 17.2 Å². The number of thiophene rings is 1. The highest BCUT2D eigenvalue weighted by Crippen LogP contribution is 2.64. The zero-order chi connectivity index (χ0) is 28.7. The van der Waals surface area contributed by atoms with Crippen LogP contribution in [0.5, 0.6) is 0 Å². The Morgan fingerprint density at radius 2 is 1.74 bits per heavy atom. The first-order valence-electron chi connectivity index (χ1n) is 12.9. The number of anilines is 2. The van der Waals surface area contributed by atoms with Gasteiger partial charge in [-0.25, -0.2) is 15.0 Å². The molecule has 3 unspecified atom stereocenters. The lowest BCUT2D eigenvalue weighted by molar-refractivity contribution is 0.315. The molecular formula is C27H18N12O3S. The van der Waals surface area contributed by atoms with Crippen molar-refractivity contribution in [3.63, 3.8) is 0 Å². The lowest BCUT2D eigenvalue weighted by Gasteiger charge is -2.44. The molecule has 15 nitrogen and oxygen atoms in total. The average Bonchev–Trinajstić information content (AvgIpc) is 3.91. The van der Waals surface area contributed by atoms with Gasteiger partial charge < -0.3 is 18.4 Å². The molecule has 0 aromatic carbocycles. The summed E-state index contributed by atoms with van der Waals surface area (Å²) in [6, 6.07) is 10.2. The quantitative estimate of drug-likeness (QED) is 0.264. The van der Waals surface area contributed by atoms with E-state index in [1.54, 1.807) is 61.6 Å². The second-order valence-electron chi connectivity index (χ2n) is 9.30. The fourth-order valence-electron chi connectivity index (χ4n) is 5.87. The van der Waals surface area contributed by atoms with Gasteiger partial charge in [0.15, 0.2) is 17.5 Å². The third-order valence-corrected chi connectivity index (χ3v) is 8.14. The molecule has 0 N–H and O–H groups in total. The van der Waals surface area contributed by atoms with E-state index in [9.17, 15) is 0 Å². The summed E-state index contributed by atoms with van der Waals surface area (Å²) in [6.07, 6.45) is 15.7. The molecule has 7 aromatic heterocycles. The maximum absolute atomic E-state index is 6.21. The summed E-state index contributed by atoms with van der Waals surface area (Å²) in [4.78, 5) is 27.5. The minimum absolute atomic E-state index is 0.247. The standard InChI is InChI=1S/C27H18N12O3S/c1-4-19(34-33-9-1)26(24-30-12-14-40-24)23(18-6-13-41-36-18)38(22-5-2-15-43-22)27(21-17-42-37-35-21,20-16-28-10-11-29-20)39(26)25-31-7-3-8-32-25/h1-17,23H. The molecular weight excluding hydrogens is 572 g/mol. The van der Waals surface area contributed by atoms with Crippen LogP contribution in [0.15, 0.2) is 117 Å². The topological polar surface area (TPSA) is 175 Å². The molecule has 0 amide bonds. The summed E-state index contributed by atoms with van der Waals surface area (Å²) < 4.78 is 17.1. The van der Waals surface area contributed by atoms with Crippen molar-refractivity contribution < 1.29 is 13.5 Å². The van der Waals surface area contributed by atoms with Gasteiger partial charge in [0, 0.05) is 42.3 Å². The van der Waals surface area contributed by atoms with Crippen LogP contribution in [0.25, 0.3) is 0 Å². The molecule has 7 aromatic rings. The Balaban J connectivity index is 1.64. The summed E-state index contributed by atoms with van der Waals surface area (Å²) in [5.74, 6) is 0.504. The number of aromatic nitrogens is 10. The number of rotatable bonds is 7. The van der Waals surface area contributed by atoms with Crippen LogP contribution in [-0.2, 0) is 11.2 Å². The first-order chi connectivity index (χ1) is 21.4. The first kappa shape index (κ1) is 24.9. The van der Waals surface area contributed by atoms with Gasteiger partial charge in [0.25, 0.3) is 0 Å². The van der Waals surface area contributed by atoms with Gasteiger partial charge in [-0.1, -0.05) is 5.16 Å². The van der Waals surface area contributed by atoms with Crippen LogP contribution in [0.3, 0.4) is 0 Å². The lowest BCUT2D eigenvalue weighted by Crippen LogP contribution is -2.57. The van der Waals surface area contributed by atoms with Crippen LogP contribution in [0, 0.1) is 0 Å². The van der Waals surface area contributed by atoms with Crippen molar-refractivity contribution in [1.82, 2.24) is 50.6 Å². The van der Waals surface area contributed by atoms with Gasteiger partial charge >= 0.3 is 0 Å². The Bertz CT molecular complexity index is 1770. The molecule has 1 saturated heterocycles. The van der Waals surface area contributed by atoms with Crippen LogP contribution in [0.4, 0.5) is 10.9 Å².